The molecule has 0 aromatic carbocycles. The molecule has 6 nitrogen and oxygen atoms in total. The van der Waals surface area contributed by atoms with E-state index in [-0.39, 0.29) is 5.91 Å². The first-order valence-corrected chi connectivity index (χ1v) is 6.33. The van der Waals surface area contributed by atoms with Crippen molar-refractivity contribution >= 4 is 17.4 Å². The van der Waals surface area contributed by atoms with Crippen molar-refractivity contribution in [3.63, 3.8) is 0 Å². The van der Waals surface area contributed by atoms with Gasteiger partial charge in [0.15, 0.2) is 0 Å². The van der Waals surface area contributed by atoms with Crippen LogP contribution in [0.3, 0.4) is 0 Å². The molecule has 0 aliphatic rings. The molecule has 1 amide bonds. The molecular weight excluding hydrogens is 254 g/mol. The molecule has 0 atom stereocenters. The number of rotatable bonds is 7. The Morgan fingerprint density at radius 3 is 2.72 bits per heavy atom. The van der Waals surface area contributed by atoms with E-state index < -0.39 is 0 Å². The summed E-state index contributed by atoms with van der Waals surface area (Å²) in [6.07, 6.45) is 0.427. The van der Waals surface area contributed by atoms with Crippen LogP contribution in [-0.2, 0) is 16.2 Å². The van der Waals surface area contributed by atoms with Crippen LogP contribution >= 0.6 is 11.5 Å². The van der Waals surface area contributed by atoms with E-state index in [0.29, 0.717) is 18.8 Å². The van der Waals surface area contributed by atoms with Crippen LogP contribution in [0.4, 0.5) is 0 Å². The van der Waals surface area contributed by atoms with E-state index in [4.69, 9.17) is 9.57 Å². The zero-order valence-corrected chi connectivity index (χ0v) is 12.0. The van der Waals surface area contributed by atoms with Gasteiger partial charge in [-0.15, -0.1) is 0 Å². The Labute approximate surface area is 111 Å². The van der Waals surface area contributed by atoms with E-state index in [1.54, 1.807) is 14.2 Å². The van der Waals surface area contributed by atoms with Gasteiger partial charge in [0.25, 0.3) is 0 Å². The number of hydrogen-bond acceptors (Lipinski definition) is 6. The molecule has 1 rings (SSSR count). The average Bonchev–Trinajstić information content (AvgIpc) is 2.82. The number of carbonyl (C=O) groups is 1. The van der Waals surface area contributed by atoms with E-state index in [1.165, 1.54) is 23.7 Å². The summed E-state index contributed by atoms with van der Waals surface area (Å²) in [4.78, 5) is 19.5. The fourth-order valence-corrected chi connectivity index (χ4v) is 2.12. The second kappa shape index (κ2) is 7.30. The van der Waals surface area contributed by atoms with Crippen molar-refractivity contribution < 1.29 is 14.4 Å². The predicted molar refractivity (Wildman–Crippen MR) is 69.4 cm³/mol. The lowest BCUT2D eigenvalue weighted by atomic mass is 10.3. The van der Waals surface area contributed by atoms with E-state index in [0.717, 1.165) is 11.4 Å². The van der Waals surface area contributed by atoms with Crippen molar-refractivity contribution in [2.45, 2.75) is 13.0 Å². The number of aromatic nitrogens is 1. The van der Waals surface area contributed by atoms with Gasteiger partial charge in [0.1, 0.15) is 0 Å². The fraction of sp³-hybridized carbons (Fsp3) is 0.636. The highest BCUT2D eigenvalue weighted by Gasteiger charge is 2.10. The first kappa shape index (κ1) is 14.9. The highest BCUT2D eigenvalue weighted by atomic mass is 32.1. The normalized spacial score (nSPS) is 10.7. The minimum absolute atomic E-state index is 0.0359. The summed E-state index contributed by atoms with van der Waals surface area (Å²) in [6, 6.07) is 1.91. The molecule has 0 aliphatic carbocycles. The Balaban J connectivity index is 2.33. The molecule has 0 unspecified atom stereocenters. The molecule has 0 saturated heterocycles. The molecular formula is C11H19N3O3S. The smallest absolute Gasteiger partial charge is 0.247 e. The molecule has 0 spiro atoms. The van der Waals surface area contributed by atoms with Crippen molar-refractivity contribution in [2.24, 2.45) is 0 Å². The van der Waals surface area contributed by atoms with E-state index in [1.807, 2.05) is 13.1 Å². The van der Waals surface area contributed by atoms with Gasteiger partial charge in [0, 0.05) is 37.5 Å². The van der Waals surface area contributed by atoms with Gasteiger partial charge in [0.05, 0.1) is 14.2 Å². The number of hydroxylamine groups is 2. The van der Waals surface area contributed by atoms with Crippen LogP contribution < -0.4 is 4.74 Å². The summed E-state index contributed by atoms with van der Waals surface area (Å²) in [7, 11) is 6.65. The van der Waals surface area contributed by atoms with Gasteiger partial charge in [-0.2, -0.15) is 4.37 Å². The SMILES string of the molecule is COc1cc(CN(C)CCC(=O)N(C)OC)sn1. The molecule has 0 bridgehead atoms. The van der Waals surface area contributed by atoms with Crippen molar-refractivity contribution in [1.29, 1.82) is 0 Å². The molecule has 0 saturated carbocycles. The van der Waals surface area contributed by atoms with Crippen LogP contribution in [0.5, 0.6) is 5.88 Å². The van der Waals surface area contributed by atoms with Gasteiger partial charge < -0.3 is 9.64 Å². The molecule has 0 aliphatic heterocycles. The van der Waals surface area contributed by atoms with Gasteiger partial charge in [-0.05, 0) is 18.6 Å². The number of amides is 1. The van der Waals surface area contributed by atoms with Crippen LogP contribution in [0.1, 0.15) is 11.3 Å². The van der Waals surface area contributed by atoms with Crippen LogP contribution in [-0.4, -0.2) is 55.1 Å². The maximum Gasteiger partial charge on any atom is 0.247 e. The molecule has 7 heteroatoms. The van der Waals surface area contributed by atoms with Gasteiger partial charge in [-0.1, -0.05) is 0 Å². The average molecular weight is 273 g/mol. The Bertz CT molecular complexity index is 383. The second-order valence-electron chi connectivity index (χ2n) is 3.90. The van der Waals surface area contributed by atoms with Gasteiger partial charge >= 0.3 is 0 Å². The molecule has 1 aromatic rings. The first-order valence-electron chi connectivity index (χ1n) is 5.55. The maximum absolute atomic E-state index is 11.5. The molecule has 102 valence electrons. The fourth-order valence-electron chi connectivity index (χ4n) is 1.36. The largest absolute Gasteiger partial charge is 0.480 e. The van der Waals surface area contributed by atoms with Crippen molar-refractivity contribution in [3.8, 4) is 5.88 Å². The lowest BCUT2D eigenvalue weighted by Crippen LogP contribution is -2.29. The van der Waals surface area contributed by atoms with Gasteiger partial charge in [0.2, 0.25) is 11.8 Å². The Hall–Kier alpha value is -1.18. The molecule has 1 heterocycles. The summed E-state index contributed by atoms with van der Waals surface area (Å²) in [5, 5.41) is 1.24. The third kappa shape index (κ3) is 4.59. The molecule has 1 aromatic heterocycles. The topological polar surface area (TPSA) is 54.9 Å². The summed E-state index contributed by atoms with van der Waals surface area (Å²) in [6.45, 7) is 1.43. The number of nitrogens with zero attached hydrogens (tertiary/aromatic N) is 3. The van der Waals surface area contributed by atoms with Crippen LogP contribution in [0.25, 0.3) is 0 Å². The Morgan fingerprint density at radius 1 is 1.44 bits per heavy atom. The second-order valence-corrected chi connectivity index (χ2v) is 4.79. The molecule has 0 fully saturated rings. The monoisotopic (exact) mass is 273 g/mol. The maximum atomic E-state index is 11.5. The first-order chi connectivity index (χ1) is 8.56. The lowest BCUT2D eigenvalue weighted by molar-refractivity contribution is -0.168. The van der Waals surface area contributed by atoms with Crippen molar-refractivity contribution in [1.82, 2.24) is 14.3 Å². The zero-order valence-electron chi connectivity index (χ0n) is 11.2. The molecule has 0 N–H and O–H groups in total. The number of ether oxygens (including phenoxy) is 1. The predicted octanol–water partition coefficient (Wildman–Crippen LogP) is 0.993. The standard InChI is InChI=1S/C11H19N3O3S/c1-13(6-5-11(15)14(2)17-4)8-9-7-10(16-3)12-18-9/h7H,5-6,8H2,1-4H3. The summed E-state index contributed by atoms with van der Waals surface area (Å²) in [5.41, 5.74) is 0. The highest BCUT2D eigenvalue weighted by molar-refractivity contribution is 7.05. The van der Waals surface area contributed by atoms with E-state index in [2.05, 4.69) is 9.27 Å². The summed E-state index contributed by atoms with van der Waals surface area (Å²) >= 11 is 1.41. The molecule has 18 heavy (non-hydrogen) atoms. The third-order valence-corrected chi connectivity index (χ3v) is 3.26. The number of methoxy groups -OCH3 is 1. The van der Waals surface area contributed by atoms with Crippen molar-refractivity contribution in [2.75, 3.05) is 34.9 Å². The molecule has 0 radical (unpaired) electrons. The van der Waals surface area contributed by atoms with Crippen molar-refractivity contribution in [3.05, 3.63) is 10.9 Å². The minimum Gasteiger partial charge on any atom is -0.480 e. The van der Waals surface area contributed by atoms with Crippen LogP contribution in [0, 0.1) is 0 Å². The highest BCUT2D eigenvalue weighted by Crippen LogP contribution is 2.17. The lowest BCUT2D eigenvalue weighted by Gasteiger charge is -2.17. The number of hydrogen-bond donors (Lipinski definition) is 0. The third-order valence-electron chi connectivity index (χ3n) is 2.50. The Kier molecular flexibility index (Phi) is 6.03. The van der Waals surface area contributed by atoms with E-state index in [9.17, 15) is 4.79 Å². The zero-order chi connectivity index (χ0) is 13.5. The van der Waals surface area contributed by atoms with Gasteiger partial charge in [-0.3, -0.25) is 9.63 Å². The Morgan fingerprint density at radius 2 is 2.17 bits per heavy atom. The van der Waals surface area contributed by atoms with Gasteiger partial charge in [-0.25, -0.2) is 5.06 Å². The van der Waals surface area contributed by atoms with Crippen LogP contribution in [0.2, 0.25) is 0 Å². The summed E-state index contributed by atoms with van der Waals surface area (Å²) < 4.78 is 9.15. The summed E-state index contributed by atoms with van der Waals surface area (Å²) in [5.74, 6) is 0.602. The van der Waals surface area contributed by atoms with Crippen LogP contribution in [0.15, 0.2) is 6.07 Å². The quantitative estimate of drug-likeness (QED) is 0.694. The number of carbonyl (C=O) groups excluding carboxylic acids is 1. The van der Waals surface area contributed by atoms with E-state index >= 15 is 0 Å². The minimum atomic E-state index is -0.0359.